The zero-order valence-corrected chi connectivity index (χ0v) is 12.3. The highest BCUT2D eigenvalue weighted by Crippen LogP contribution is 2.31. The number of carboxylic acid groups (broad SMARTS) is 1. The Bertz CT molecular complexity index is 530. The molecule has 2 atom stereocenters. The molecule has 1 fully saturated rings. The maximum atomic E-state index is 12.2. The molecule has 0 saturated carbocycles. The molecule has 2 unspecified atom stereocenters. The van der Waals surface area contributed by atoms with Crippen molar-refractivity contribution in [1.82, 2.24) is 4.90 Å². The van der Waals surface area contributed by atoms with Crippen molar-refractivity contribution in [2.24, 2.45) is 5.92 Å². The summed E-state index contributed by atoms with van der Waals surface area (Å²) in [6.45, 7) is 2.21. The zero-order chi connectivity index (χ0) is 14.9. The average Bonchev–Trinajstić information content (AvgIpc) is 2.76. The number of likely N-dealkylation sites (tertiary alicyclic amines) is 1. The summed E-state index contributed by atoms with van der Waals surface area (Å²) in [5.74, 6) is -1.09. The first-order chi connectivity index (χ1) is 9.41. The standard InChI is InChI=1S/C13H14Cl2N2O3/c1-7-5-6-17(11(7)12(18)19)13(20)16-10-8(14)3-2-4-9(10)15/h2-4,7,11H,5-6H2,1H3,(H,16,20)(H,18,19). The summed E-state index contributed by atoms with van der Waals surface area (Å²) in [7, 11) is 0. The van der Waals surface area contributed by atoms with E-state index in [2.05, 4.69) is 5.32 Å². The van der Waals surface area contributed by atoms with Gasteiger partial charge >= 0.3 is 12.0 Å². The summed E-state index contributed by atoms with van der Waals surface area (Å²) >= 11 is 11.9. The van der Waals surface area contributed by atoms with Crippen LogP contribution in [0.15, 0.2) is 18.2 Å². The highest BCUT2D eigenvalue weighted by molar-refractivity contribution is 6.39. The lowest BCUT2D eigenvalue weighted by molar-refractivity contribution is -0.142. The molecule has 1 aliphatic rings. The number of para-hydroxylation sites is 1. The highest BCUT2D eigenvalue weighted by atomic mass is 35.5. The molecule has 1 aromatic carbocycles. The Morgan fingerprint density at radius 3 is 2.50 bits per heavy atom. The molecule has 2 N–H and O–H groups in total. The predicted molar refractivity (Wildman–Crippen MR) is 77.4 cm³/mol. The lowest BCUT2D eigenvalue weighted by atomic mass is 10.0. The second-order valence-electron chi connectivity index (χ2n) is 4.77. The molecule has 1 heterocycles. The van der Waals surface area contributed by atoms with Gasteiger partial charge in [0.15, 0.2) is 0 Å². The predicted octanol–water partition coefficient (Wildman–Crippen LogP) is 3.32. The molecular formula is C13H14Cl2N2O3. The van der Waals surface area contributed by atoms with Gasteiger partial charge in [-0.1, -0.05) is 36.2 Å². The van der Waals surface area contributed by atoms with E-state index >= 15 is 0 Å². The number of benzene rings is 1. The molecular weight excluding hydrogens is 303 g/mol. The summed E-state index contributed by atoms with van der Waals surface area (Å²) in [4.78, 5) is 24.8. The van der Waals surface area contributed by atoms with E-state index in [1.54, 1.807) is 18.2 Å². The van der Waals surface area contributed by atoms with E-state index in [4.69, 9.17) is 23.2 Å². The first-order valence-corrected chi connectivity index (χ1v) is 6.92. The quantitative estimate of drug-likeness (QED) is 0.879. The smallest absolute Gasteiger partial charge is 0.326 e. The van der Waals surface area contributed by atoms with E-state index in [1.165, 1.54) is 4.90 Å². The van der Waals surface area contributed by atoms with Crippen LogP contribution in [0, 0.1) is 5.92 Å². The van der Waals surface area contributed by atoms with Gasteiger partial charge < -0.3 is 15.3 Å². The number of carbonyl (C=O) groups excluding carboxylic acids is 1. The molecule has 2 rings (SSSR count). The summed E-state index contributed by atoms with van der Waals surface area (Å²) < 4.78 is 0. The fourth-order valence-corrected chi connectivity index (χ4v) is 2.84. The first kappa shape index (κ1) is 14.9. The maximum Gasteiger partial charge on any atom is 0.326 e. The van der Waals surface area contributed by atoms with Gasteiger partial charge in [-0.3, -0.25) is 0 Å². The molecule has 108 valence electrons. The van der Waals surface area contributed by atoms with Crippen LogP contribution in [0.25, 0.3) is 0 Å². The largest absolute Gasteiger partial charge is 0.480 e. The van der Waals surface area contributed by atoms with E-state index < -0.39 is 18.0 Å². The van der Waals surface area contributed by atoms with Gasteiger partial charge in [0.05, 0.1) is 15.7 Å². The number of anilines is 1. The second kappa shape index (κ2) is 5.89. The minimum Gasteiger partial charge on any atom is -0.480 e. The SMILES string of the molecule is CC1CCN(C(=O)Nc2c(Cl)cccc2Cl)C1C(=O)O. The van der Waals surface area contributed by atoms with Crippen LogP contribution in [-0.4, -0.2) is 34.6 Å². The third kappa shape index (κ3) is 2.83. The normalized spacial score (nSPS) is 21.9. The molecule has 1 aliphatic heterocycles. The van der Waals surface area contributed by atoms with Crippen LogP contribution in [0.5, 0.6) is 0 Å². The van der Waals surface area contributed by atoms with Crippen LogP contribution in [-0.2, 0) is 4.79 Å². The van der Waals surface area contributed by atoms with Gasteiger partial charge in [0.1, 0.15) is 6.04 Å². The molecule has 0 aromatic heterocycles. The van der Waals surface area contributed by atoms with Gasteiger partial charge in [-0.15, -0.1) is 0 Å². The number of carboxylic acids is 1. The first-order valence-electron chi connectivity index (χ1n) is 6.16. The third-order valence-corrected chi connectivity index (χ3v) is 4.04. The van der Waals surface area contributed by atoms with E-state index in [9.17, 15) is 14.7 Å². The monoisotopic (exact) mass is 316 g/mol. The number of urea groups is 1. The van der Waals surface area contributed by atoms with Crippen molar-refractivity contribution < 1.29 is 14.7 Å². The number of halogens is 2. The van der Waals surface area contributed by atoms with Crippen molar-refractivity contribution in [1.29, 1.82) is 0 Å². The topological polar surface area (TPSA) is 69.6 Å². The second-order valence-corrected chi connectivity index (χ2v) is 5.58. The number of nitrogens with zero attached hydrogens (tertiary/aromatic N) is 1. The highest BCUT2D eigenvalue weighted by Gasteiger charge is 2.39. The van der Waals surface area contributed by atoms with Crippen LogP contribution in [0.1, 0.15) is 13.3 Å². The Hall–Kier alpha value is -1.46. The average molecular weight is 317 g/mol. The number of nitrogens with one attached hydrogen (secondary N) is 1. The minimum atomic E-state index is -1.00. The Balaban J connectivity index is 2.18. The van der Waals surface area contributed by atoms with Gasteiger partial charge in [0, 0.05) is 6.54 Å². The fourth-order valence-electron chi connectivity index (χ4n) is 2.35. The van der Waals surface area contributed by atoms with Crippen LogP contribution >= 0.6 is 23.2 Å². The van der Waals surface area contributed by atoms with E-state index in [0.717, 1.165) is 0 Å². The number of rotatable bonds is 2. The molecule has 1 aromatic rings. The lowest BCUT2D eigenvalue weighted by Gasteiger charge is -2.24. The molecule has 1 saturated heterocycles. The van der Waals surface area contributed by atoms with Crippen molar-refractivity contribution >= 4 is 40.9 Å². The molecule has 5 nitrogen and oxygen atoms in total. The molecule has 2 amide bonds. The molecule has 0 bridgehead atoms. The molecule has 0 aliphatic carbocycles. The number of hydrogen-bond donors (Lipinski definition) is 2. The van der Waals surface area contributed by atoms with E-state index in [1.807, 2.05) is 6.92 Å². The number of amides is 2. The van der Waals surface area contributed by atoms with Crippen molar-refractivity contribution in [3.8, 4) is 0 Å². The molecule has 20 heavy (non-hydrogen) atoms. The van der Waals surface area contributed by atoms with Gasteiger partial charge in [-0.2, -0.15) is 0 Å². The zero-order valence-electron chi connectivity index (χ0n) is 10.8. The van der Waals surface area contributed by atoms with Crippen molar-refractivity contribution in [3.05, 3.63) is 28.2 Å². The summed E-state index contributed by atoms with van der Waals surface area (Å²) in [6, 6.07) is 3.54. The van der Waals surface area contributed by atoms with Gasteiger partial charge in [0.2, 0.25) is 0 Å². The minimum absolute atomic E-state index is 0.0834. The lowest BCUT2D eigenvalue weighted by Crippen LogP contribution is -2.44. The van der Waals surface area contributed by atoms with Crippen LogP contribution in [0.4, 0.5) is 10.5 Å². The van der Waals surface area contributed by atoms with Crippen LogP contribution in [0.2, 0.25) is 10.0 Å². The Kier molecular flexibility index (Phi) is 4.40. The van der Waals surface area contributed by atoms with Crippen molar-refractivity contribution in [2.45, 2.75) is 19.4 Å². The summed E-state index contributed by atoms with van der Waals surface area (Å²) in [6.07, 6.45) is 0.653. The van der Waals surface area contributed by atoms with Crippen molar-refractivity contribution in [2.75, 3.05) is 11.9 Å². The number of hydrogen-bond acceptors (Lipinski definition) is 2. The Morgan fingerprint density at radius 1 is 1.35 bits per heavy atom. The molecule has 0 spiro atoms. The fraction of sp³-hybridized carbons (Fsp3) is 0.385. The van der Waals surface area contributed by atoms with Crippen LogP contribution in [0.3, 0.4) is 0 Å². The van der Waals surface area contributed by atoms with Gasteiger partial charge in [0.25, 0.3) is 0 Å². The van der Waals surface area contributed by atoms with E-state index in [0.29, 0.717) is 28.7 Å². The number of carbonyl (C=O) groups is 2. The molecule has 7 heteroatoms. The van der Waals surface area contributed by atoms with Gasteiger partial charge in [-0.05, 0) is 24.5 Å². The van der Waals surface area contributed by atoms with E-state index in [-0.39, 0.29) is 5.92 Å². The Morgan fingerprint density at radius 2 is 1.95 bits per heavy atom. The van der Waals surface area contributed by atoms with Gasteiger partial charge in [-0.25, -0.2) is 9.59 Å². The summed E-state index contributed by atoms with van der Waals surface area (Å²) in [5, 5.41) is 12.4. The van der Waals surface area contributed by atoms with Crippen LogP contribution < -0.4 is 5.32 Å². The summed E-state index contributed by atoms with van der Waals surface area (Å²) in [5.41, 5.74) is 0.296. The maximum absolute atomic E-state index is 12.2. The number of aliphatic carboxylic acids is 1. The van der Waals surface area contributed by atoms with Crippen molar-refractivity contribution in [3.63, 3.8) is 0 Å². The third-order valence-electron chi connectivity index (χ3n) is 3.41. The Labute approximate surface area is 126 Å². The molecule has 0 radical (unpaired) electrons.